The van der Waals surface area contributed by atoms with Gasteiger partial charge >= 0.3 is 12.4 Å². The molecule has 1 aliphatic carbocycles. The number of hydrogen-bond acceptors (Lipinski definition) is 12. The molecule has 2 aromatic heterocycles. The summed E-state index contributed by atoms with van der Waals surface area (Å²) in [6.07, 6.45) is -4.13. The number of halogens is 6. The lowest BCUT2D eigenvalue weighted by Crippen LogP contribution is -2.54. The van der Waals surface area contributed by atoms with Crippen molar-refractivity contribution in [2.75, 3.05) is 68.1 Å². The fourth-order valence-electron chi connectivity index (χ4n) is 7.20. The summed E-state index contributed by atoms with van der Waals surface area (Å²) in [4.78, 5) is 18.4. The number of alkyl halides is 6. The molecule has 0 spiro atoms. The molecule has 0 bridgehead atoms. The molecule has 0 radical (unpaired) electrons. The zero-order chi connectivity index (χ0) is 41.1. The molecule has 1 fully saturated rings. The first-order chi connectivity index (χ1) is 25.9. The predicted octanol–water partition coefficient (Wildman–Crippen LogP) is 8.04. The van der Waals surface area contributed by atoms with Crippen molar-refractivity contribution in [3.05, 3.63) is 71.2 Å². The zero-order valence-electron chi connectivity index (χ0n) is 31.9. The third-order valence-electron chi connectivity index (χ3n) is 10.5. The van der Waals surface area contributed by atoms with Crippen molar-refractivity contribution >= 4 is 48.8 Å². The third kappa shape index (κ3) is 8.43. The van der Waals surface area contributed by atoms with E-state index in [4.69, 9.17) is 4.74 Å². The van der Waals surface area contributed by atoms with Crippen molar-refractivity contribution in [1.29, 1.82) is 0 Å². The molecule has 4 N–H and O–H groups in total. The summed E-state index contributed by atoms with van der Waals surface area (Å²) in [6.45, 7) is 10.7. The molecule has 20 heteroatoms. The van der Waals surface area contributed by atoms with Gasteiger partial charge in [-0.3, -0.25) is 0 Å². The van der Waals surface area contributed by atoms with E-state index in [9.17, 15) is 35.5 Å². The van der Waals surface area contributed by atoms with Crippen LogP contribution in [0.2, 0.25) is 0 Å². The Bertz CT molecular complexity index is 2130. The number of nitrogens with one attached hydrogen (secondary N) is 4. The minimum atomic E-state index is -4.86. The number of allylic oxidation sites excluding steroid dienone is 1. The highest BCUT2D eigenvalue weighted by Crippen LogP contribution is 2.61. The summed E-state index contributed by atoms with van der Waals surface area (Å²) in [5.41, 5.74) is -2.05. The Balaban J connectivity index is 1.43. The molecule has 304 valence electrons. The van der Waals surface area contributed by atoms with Crippen LogP contribution in [0.25, 0.3) is 0 Å². The monoisotopic (exact) mass is 827 g/mol. The molecule has 1 saturated heterocycles. The zero-order valence-corrected chi connectivity index (χ0v) is 33.7. The quantitative estimate of drug-likeness (QED) is 0.0892. The lowest BCUT2D eigenvalue weighted by atomic mass is 9.74. The van der Waals surface area contributed by atoms with Crippen LogP contribution in [0.4, 0.5) is 55.6 Å². The fourth-order valence-corrected chi connectivity index (χ4v) is 9.30. The summed E-state index contributed by atoms with van der Waals surface area (Å²) in [5, 5.41) is 11.4. The third-order valence-corrected chi connectivity index (χ3v) is 14.6. The van der Waals surface area contributed by atoms with Crippen molar-refractivity contribution in [2.45, 2.75) is 68.4 Å². The topological polar surface area (TPSA) is 146 Å². The van der Waals surface area contributed by atoms with Gasteiger partial charge in [-0.15, -0.1) is 0 Å². The number of benzene rings is 1. The second kappa shape index (κ2) is 14.7. The summed E-state index contributed by atoms with van der Waals surface area (Å²) >= 11 is 0. The average molecular weight is 828 g/mol. The molecule has 4 atom stereocenters. The summed E-state index contributed by atoms with van der Waals surface area (Å²) in [5.74, 6) is -1.35. The van der Waals surface area contributed by atoms with E-state index in [2.05, 4.69) is 41.2 Å². The standard InChI is InChI=1S/C36H45F6N9O3P2/c1-33(50-32-44-20-24(36(40,41)42)30(49-32)47-26-9-8-18-54-26)15-16-34(2,56(6,7)53)28-27(33)25(14-17-51(28)3)46-29-23(35(37,38)39)19-43-31(48-29)45-21-10-12-22(13-11-21)55(4,5)52/h10-13,15-16,19-20,25-26H,8-9,14,17-18H2,1-7H3,(H2,43,45,46,48)(H2,44,47,49,50). The van der Waals surface area contributed by atoms with Gasteiger partial charge in [0.25, 0.3) is 0 Å². The van der Waals surface area contributed by atoms with E-state index < -0.39 is 72.4 Å². The van der Waals surface area contributed by atoms with Crippen LogP contribution in [0, 0.1) is 0 Å². The van der Waals surface area contributed by atoms with Gasteiger partial charge in [-0.25, -0.2) is 9.97 Å². The second-order valence-corrected chi connectivity index (χ2v) is 22.3. The van der Waals surface area contributed by atoms with Crippen molar-refractivity contribution in [3.8, 4) is 0 Å². The summed E-state index contributed by atoms with van der Waals surface area (Å²) in [6, 6.07) is 5.69. The minimum absolute atomic E-state index is 0.142. The number of nitrogens with zero attached hydrogens (tertiary/aromatic N) is 5. The first-order valence-electron chi connectivity index (χ1n) is 17.8. The van der Waals surface area contributed by atoms with Crippen molar-refractivity contribution in [1.82, 2.24) is 24.8 Å². The first-order valence-corrected chi connectivity index (χ1v) is 23.0. The largest absolute Gasteiger partial charge is 0.421 e. The number of anilines is 5. The van der Waals surface area contributed by atoms with Gasteiger partial charge in [0.2, 0.25) is 11.9 Å². The van der Waals surface area contributed by atoms with Gasteiger partial charge in [0, 0.05) is 54.9 Å². The Morgan fingerprint density at radius 3 is 1.98 bits per heavy atom. The van der Waals surface area contributed by atoms with Crippen LogP contribution in [-0.4, -0.2) is 94.7 Å². The molecule has 0 saturated carbocycles. The Morgan fingerprint density at radius 1 is 0.839 bits per heavy atom. The van der Waals surface area contributed by atoms with Gasteiger partial charge in [-0.05, 0) is 84.0 Å². The van der Waals surface area contributed by atoms with E-state index in [0.29, 0.717) is 60.6 Å². The summed E-state index contributed by atoms with van der Waals surface area (Å²) in [7, 11) is -3.78. The van der Waals surface area contributed by atoms with E-state index in [0.717, 1.165) is 0 Å². The maximum absolute atomic E-state index is 14.6. The molecular formula is C36H45F6N9O3P2. The van der Waals surface area contributed by atoms with Crippen molar-refractivity contribution < 1.29 is 40.2 Å². The lowest BCUT2D eigenvalue weighted by molar-refractivity contribution is -0.138. The normalized spacial score (nSPS) is 24.6. The highest BCUT2D eigenvalue weighted by Gasteiger charge is 2.52. The molecule has 56 heavy (non-hydrogen) atoms. The Morgan fingerprint density at radius 2 is 1.43 bits per heavy atom. The molecule has 1 aromatic carbocycles. The van der Waals surface area contributed by atoms with Gasteiger partial charge in [-0.2, -0.15) is 36.3 Å². The second-order valence-electron chi connectivity index (χ2n) is 15.4. The number of ether oxygens (including phenoxy) is 1. The predicted molar refractivity (Wildman–Crippen MR) is 206 cm³/mol. The maximum atomic E-state index is 14.6. The minimum Gasteiger partial charge on any atom is -0.377 e. The van der Waals surface area contributed by atoms with E-state index in [1.54, 1.807) is 84.0 Å². The van der Waals surface area contributed by atoms with E-state index in [-0.39, 0.29) is 18.3 Å². The fraction of sp³-hybridized carbons (Fsp3) is 0.500. The Hall–Kier alpha value is -4.14. The molecular weight excluding hydrogens is 782 g/mol. The molecule has 2 aliphatic heterocycles. The van der Waals surface area contributed by atoms with Crippen LogP contribution in [0.15, 0.2) is 60.1 Å². The number of hydrogen-bond donors (Lipinski definition) is 4. The SMILES string of the molecule is CN1CCC(Nc2nc(Nc3ccc(P(C)(C)=O)cc3)ncc2C(F)(F)F)C2=C1C(C)(P(C)(C)=O)C=CC2(C)Nc1ncc(C(F)(F)F)c(NC2CCCO2)n1. The van der Waals surface area contributed by atoms with Crippen LogP contribution in [0.3, 0.4) is 0 Å². The van der Waals surface area contributed by atoms with E-state index >= 15 is 0 Å². The van der Waals surface area contributed by atoms with Gasteiger partial charge in [0.05, 0.1) is 23.9 Å². The van der Waals surface area contributed by atoms with Crippen LogP contribution >= 0.6 is 14.3 Å². The maximum Gasteiger partial charge on any atom is 0.421 e. The van der Waals surface area contributed by atoms with Crippen LogP contribution in [0.1, 0.15) is 44.2 Å². The smallest absolute Gasteiger partial charge is 0.377 e. The molecule has 12 nitrogen and oxygen atoms in total. The molecule has 6 rings (SSSR count). The van der Waals surface area contributed by atoms with E-state index in [1.165, 1.54) is 0 Å². The molecule has 4 unspecified atom stereocenters. The Labute approximate surface area is 321 Å². The lowest BCUT2D eigenvalue weighted by Gasteiger charge is -2.52. The number of aromatic nitrogens is 4. The van der Waals surface area contributed by atoms with Crippen LogP contribution in [0.5, 0.6) is 0 Å². The van der Waals surface area contributed by atoms with Crippen molar-refractivity contribution in [3.63, 3.8) is 0 Å². The van der Waals surface area contributed by atoms with Gasteiger partial charge in [0.1, 0.15) is 36.1 Å². The molecule has 4 heterocycles. The van der Waals surface area contributed by atoms with Crippen LogP contribution < -0.4 is 26.6 Å². The van der Waals surface area contributed by atoms with Gasteiger partial charge in [-0.1, -0.05) is 12.2 Å². The number of rotatable bonds is 10. The highest BCUT2D eigenvalue weighted by atomic mass is 31.2. The van der Waals surface area contributed by atoms with Crippen LogP contribution in [-0.2, 0) is 26.2 Å². The van der Waals surface area contributed by atoms with Gasteiger partial charge < -0.3 is 40.0 Å². The van der Waals surface area contributed by atoms with Gasteiger partial charge in [0.15, 0.2) is 0 Å². The highest BCUT2D eigenvalue weighted by molar-refractivity contribution is 7.70. The van der Waals surface area contributed by atoms with E-state index in [1.807, 2.05) is 4.90 Å². The Kier molecular flexibility index (Phi) is 10.9. The molecule has 3 aliphatic rings. The average Bonchev–Trinajstić information content (AvgIpc) is 3.59. The molecule has 3 aromatic rings. The first kappa shape index (κ1) is 41.5. The molecule has 0 amide bonds. The van der Waals surface area contributed by atoms with Crippen molar-refractivity contribution in [2.24, 2.45) is 0 Å². The summed E-state index contributed by atoms with van der Waals surface area (Å²) < 4.78 is 118.